The van der Waals surface area contributed by atoms with Crippen molar-refractivity contribution in [3.8, 4) is 0 Å². The summed E-state index contributed by atoms with van der Waals surface area (Å²) in [6.45, 7) is 7.74. The zero-order valence-corrected chi connectivity index (χ0v) is 19.1. The van der Waals surface area contributed by atoms with Gasteiger partial charge in [0.15, 0.2) is 0 Å². The van der Waals surface area contributed by atoms with E-state index in [1.807, 2.05) is 31.2 Å². The van der Waals surface area contributed by atoms with E-state index in [2.05, 4.69) is 10.0 Å². The minimum Gasteiger partial charge on any atom is -0.427 e. The van der Waals surface area contributed by atoms with Crippen LogP contribution < -0.4 is 10.0 Å². The molecular formula is C22H28N2O6S. The lowest BCUT2D eigenvalue weighted by atomic mass is 9.98. The van der Waals surface area contributed by atoms with E-state index < -0.39 is 40.2 Å². The summed E-state index contributed by atoms with van der Waals surface area (Å²) in [5, 5.41) is 3.18. The molecule has 2 rings (SSSR count). The molecule has 2 aromatic carbocycles. The molecule has 0 heterocycles. The number of nitrogens with one attached hydrogen (secondary N) is 2. The Balaban J connectivity index is 1.92. The number of rotatable bonds is 8. The summed E-state index contributed by atoms with van der Waals surface area (Å²) >= 11 is 0. The highest BCUT2D eigenvalue weighted by Crippen LogP contribution is 2.20. The summed E-state index contributed by atoms with van der Waals surface area (Å²) in [6.07, 6.45) is 0. The Morgan fingerprint density at radius 2 is 1.45 bits per heavy atom. The second-order valence-electron chi connectivity index (χ2n) is 8.12. The molecule has 2 aromatic rings. The maximum atomic E-state index is 12.5. The number of aryl methyl sites for hydroxylation is 1. The predicted octanol–water partition coefficient (Wildman–Crippen LogP) is 3.50. The Morgan fingerprint density at radius 1 is 0.935 bits per heavy atom. The highest BCUT2D eigenvalue weighted by molar-refractivity contribution is 7.89. The monoisotopic (exact) mass is 448 g/mol. The van der Waals surface area contributed by atoms with Gasteiger partial charge in [0.1, 0.15) is 6.04 Å². The second-order valence-corrected chi connectivity index (χ2v) is 9.84. The van der Waals surface area contributed by atoms with E-state index in [0.717, 1.165) is 16.9 Å². The van der Waals surface area contributed by atoms with Crippen molar-refractivity contribution >= 4 is 33.3 Å². The van der Waals surface area contributed by atoms with Gasteiger partial charge in [0.2, 0.25) is 16.8 Å². The van der Waals surface area contributed by atoms with Gasteiger partial charge in [-0.25, -0.2) is 8.42 Å². The first kappa shape index (κ1) is 24.4. The first-order chi connectivity index (χ1) is 14.4. The molecule has 0 amide bonds. The minimum absolute atomic E-state index is 0.000710. The van der Waals surface area contributed by atoms with Gasteiger partial charge >= 0.3 is 11.9 Å². The van der Waals surface area contributed by atoms with Crippen LogP contribution >= 0.6 is 0 Å². The Hall–Kier alpha value is -2.91. The molecule has 0 radical (unpaired) electrons. The molecule has 0 unspecified atom stereocenters. The fourth-order valence-corrected chi connectivity index (χ4v) is 3.54. The van der Waals surface area contributed by atoms with Crippen molar-refractivity contribution in [3.63, 3.8) is 0 Å². The summed E-state index contributed by atoms with van der Waals surface area (Å²) in [4.78, 5) is 23.7. The Bertz CT molecular complexity index is 1010. The lowest BCUT2D eigenvalue weighted by molar-refractivity contribution is -0.173. The molecule has 0 aliphatic carbocycles. The van der Waals surface area contributed by atoms with Gasteiger partial charge in [0.25, 0.3) is 0 Å². The van der Waals surface area contributed by atoms with Gasteiger partial charge in [0.05, 0.1) is 10.3 Å². The Morgan fingerprint density at radius 3 is 1.97 bits per heavy atom. The Labute approximate surface area is 183 Å². The highest BCUT2D eigenvalue weighted by Gasteiger charge is 2.25. The van der Waals surface area contributed by atoms with E-state index >= 15 is 0 Å². The van der Waals surface area contributed by atoms with Gasteiger partial charge in [0, 0.05) is 11.4 Å². The van der Waals surface area contributed by atoms with E-state index in [4.69, 9.17) is 9.47 Å². The topological polar surface area (TPSA) is 111 Å². The van der Waals surface area contributed by atoms with Crippen molar-refractivity contribution in [2.75, 3.05) is 12.1 Å². The number of benzene rings is 2. The Kier molecular flexibility index (Phi) is 7.80. The molecule has 9 heteroatoms. The van der Waals surface area contributed by atoms with Gasteiger partial charge in [-0.2, -0.15) is 4.72 Å². The number of carbonyl (C=O) groups is 2. The van der Waals surface area contributed by atoms with Gasteiger partial charge < -0.3 is 14.8 Å². The summed E-state index contributed by atoms with van der Waals surface area (Å²) in [6, 6.07) is 12.7. The van der Waals surface area contributed by atoms with Crippen LogP contribution in [0.2, 0.25) is 0 Å². The molecule has 0 bridgehead atoms. The zero-order chi connectivity index (χ0) is 23.2. The number of hydrogen-bond acceptors (Lipinski definition) is 7. The van der Waals surface area contributed by atoms with Gasteiger partial charge in [-0.3, -0.25) is 9.59 Å². The van der Waals surface area contributed by atoms with Crippen LogP contribution in [0.25, 0.3) is 0 Å². The molecule has 2 N–H and O–H groups in total. The predicted molar refractivity (Wildman–Crippen MR) is 117 cm³/mol. The van der Waals surface area contributed by atoms with E-state index in [1.54, 1.807) is 32.9 Å². The lowest BCUT2D eigenvalue weighted by Crippen LogP contribution is -2.40. The number of sulfonamides is 1. The first-order valence-corrected chi connectivity index (χ1v) is 11.2. The van der Waals surface area contributed by atoms with Crippen LogP contribution in [-0.2, 0) is 29.1 Å². The molecule has 0 saturated heterocycles. The van der Waals surface area contributed by atoms with Crippen LogP contribution in [0.15, 0.2) is 53.4 Å². The van der Waals surface area contributed by atoms with Crippen molar-refractivity contribution in [2.45, 2.75) is 45.6 Å². The largest absolute Gasteiger partial charge is 0.427 e. The second kappa shape index (κ2) is 9.93. The molecule has 8 nitrogen and oxygen atoms in total. The number of carbonyl (C=O) groups excluding carboxylic acids is 2. The average Bonchev–Trinajstić information content (AvgIpc) is 2.69. The van der Waals surface area contributed by atoms with E-state index in [1.165, 1.54) is 19.1 Å². The average molecular weight is 449 g/mol. The quantitative estimate of drug-likeness (QED) is 0.470. The molecule has 0 saturated carbocycles. The molecule has 168 valence electrons. The van der Waals surface area contributed by atoms with E-state index in [-0.39, 0.29) is 4.90 Å². The minimum atomic E-state index is -3.95. The number of esters is 2. The van der Waals surface area contributed by atoms with E-state index in [9.17, 15) is 18.0 Å². The van der Waals surface area contributed by atoms with Crippen LogP contribution in [0.4, 0.5) is 11.4 Å². The summed E-state index contributed by atoms with van der Waals surface area (Å²) in [7, 11) is -3.95. The normalized spacial score (nSPS) is 12.7. The zero-order valence-electron chi connectivity index (χ0n) is 18.3. The molecule has 0 aliphatic rings. The smallest absolute Gasteiger partial charge is 0.326 e. The number of hydrogen-bond donors (Lipinski definition) is 2. The first-order valence-electron chi connectivity index (χ1n) is 9.68. The molecule has 31 heavy (non-hydrogen) atoms. The SMILES string of the molecule is Cc1ccc(Nc2ccc(S(=O)(=O)N[C@H](C)C(=O)OCOC(=O)C(C)(C)C)cc2)cc1. The molecule has 0 fully saturated rings. The van der Waals surface area contributed by atoms with E-state index in [0.29, 0.717) is 0 Å². The van der Waals surface area contributed by atoms with Crippen molar-refractivity contribution in [3.05, 3.63) is 54.1 Å². The molecule has 1 atom stereocenters. The van der Waals surface area contributed by atoms with Crippen molar-refractivity contribution in [1.29, 1.82) is 0 Å². The lowest BCUT2D eigenvalue weighted by Gasteiger charge is -2.17. The highest BCUT2D eigenvalue weighted by atomic mass is 32.2. The van der Waals surface area contributed by atoms with Gasteiger partial charge in [-0.1, -0.05) is 17.7 Å². The number of anilines is 2. The van der Waals surface area contributed by atoms with Crippen LogP contribution in [0.1, 0.15) is 33.3 Å². The summed E-state index contributed by atoms with van der Waals surface area (Å²) < 4.78 is 37.0. The maximum Gasteiger partial charge on any atom is 0.326 e. The van der Waals surface area contributed by atoms with Crippen LogP contribution in [0.3, 0.4) is 0 Å². The van der Waals surface area contributed by atoms with Crippen LogP contribution in [0.5, 0.6) is 0 Å². The van der Waals surface area contributed by atoms with Crippen molar-refractivity contribution < 1.29 is 27.5 Å². The van der Waals surface area contributed by atoms with Crippen LogP contribution in [0, 0.1) is 12.3 Å². The molecule has 0 aromatic heterocycles. The van der Waals surface area contributed by atoms with Crippen molar-refractivity contribution in [2.24, 2.45) is 5.41 Å². The summed E-state index contributed by atoms with van der Waals surface area (Å²) in [5.74, 6) is -1.39. The fraction of sp³-hybridized carbons (Fsp3) is 0.364. The molecule has 0 spiro atoms. The molecule has 0 aliphatic heterocycles. The molecular weight excluding hydrogens is 420 g/mol. The number of ether oxygens (including phenoxy) is 2. The third-order valence-electron chi connectivity index (χ3n) is 4.19. The standard InChI is InChI=1S/C22H28N2O6S/c1-15-6-8-17(9-7-15)23-18-10-12-19(13-11-18)31(27,28)24-16(2)20(25)29-14-30-21(26)22(3,4)5/h6-13,16,23-24H,14H2,1-5H3/t16-/m1/s1. The van der Waals surface area contributed by atoms with Crippen LogP contribution in [-0.4, -0.2) is 33.2 Å². The third kappa shape index (κ3) is 7.37. The van der Waals surface area contributed by atoms with Gasteiger partial charge in [-0.05, 0) is 71.0 Å². The maximum absolute atomic E-state index is 12.5. The van der Waals surface area contributed by atoms with Crippen molar-refractivity contribution in [1.82, 2.24) is 4.72 Å². The fourth-order valence-electron chi connectivity index (χ4n) is 2.35. The third-order valence-corrected chi connectivity index (χ3v) is 5.75. The van der Waals surface area contributed by atoms with Gasteiger partial charge in [-0.15, -0.1) is 0 Å². The summed E-state index contributed by atoms with van der Waals surface area (Å²) in [5.41, 5.74) is 2.00.